The maximum atomic E-state index is 14.0. The van der Waals surface area contributed by atoms with E-state index >= 15 is 0 Å². The third-order valence-corrected chi connectivity index (χ3v) is 13.1. The number of ether oxygens (including phenoxy) is 4. The van der Waals surface area contributed by atoms with Crippen LogP contribution in [0.2, 0.25) is 0 Å². The van der Waals surface area contributed by atoms with Gasteiger partial charge in [-0.25, -0.2) is 0 Å². The number of aliphatic hydroxyl groups excluding tert-OH is 8. The summed E-state index contributed by atoms with van der Waals surface area (Å²) in [5.74, 6) is -0.978. The van der Waals surface area contributed by atoms with Gasteiger partial charge in [-0.05, 0) is 69.8 Å². The molecule has 0 radical (unpaired) electrons. The largest absolute Gasteiger partial charge is 0.432 e. The van der Waals surface area contributed by atoms with Gasteiger partial charge in [-0.15, -0.1) is 0 Å². The Morgan fingerprint density at radius 1 is 0.826 bits per heavy atom. The van der Waals surface area contributed by atoms with E-state index in [1.54, 1.807) is 6.92 Å². The summed E-state index contributed by atoms with van der Waals surface area (Å²) in [6.07, 6.45) is -10.7. The van der Waals surface area contributed by atoms with Crippen molar-refractivity contribution in [1.29, 1.82) is 0 Å². The second-order valence-electron chi connectivity index (χ2n) is 15.3. The van der Waals surface area contributed by atoms with E-state index in [9.17, 15) is 50.8 Å². The molecule has 46 heavy (non-hydrogen) atoms. The van der Waals surface area contributed by atoms with Gasteiger partial charge in [0.1, 0.15) is 48.8 Å². The van der Waals surface area contributed by atoms with Gasteiger partial charge in [0.15, 0.2) is 6.29 Å². The van der Waals surface area contributed by atoms with E-state index in [0.717, 1.165) is 5.57 Å². The van der Waals surface area contributed by atoms with Crippen LogP contribution in [0.3, 0.4) is 0 Å². The molecule has 0 unspecified atom stereocenters. The predicted octanol–water partition coefficient (Wildman–Crippen LogP) is -1.65. The van der Waals surface area contributed by atoms with Gasteiger partial charge in [0.2, 0.25) is 6.29 Å². The summed E-state index contributed by atoms with van der Waals surface area (Å²) >= 11 is 0. The molecule has 2 saturated heterocycles. The summed E-state index contributed by atoms with van der Waals surface area (Å²) in [5.41, 5.74) is -3.99. The van der Waals surface area contributed by atoms with E-state index in [0.29, 0.717) is 57.8 Å². The van der Waals surface area contributed by atoms with Gasteiger partial charge >= 0.3 is 5.97 Å². The van der Waals surface area contributed by atoms with Crippen molar-refractivity contribution >= 4 is 5.97 Å². The smallest absolute Gasteiger partial charge is 0.314 e. The van der Waals surface area contributed by atoms with Crippen molar-refractivity contribution in [2.45, 2.75) is 144 Å². The summed E-state index contributed by atoms with van der Waals surface area (Å²) in [7, 11) is 0. The van der Waals surface area contributed by atoms with Crippen LogP contribution in [0.4, 0.5) is 0 Å². The van der Waals surface area contributed by atoms with Crippen molar-refractivity contribution in [3.63, 3.8) is 0 Å². The third-order valence-electron chi connectivity index (χ3n) is 13.1. The molecule has 4 aliphatic carbocycles. The summed E-state index contributed by atoms with van der Waals surface area (Å²) in [5, 5.41) is 94.3. The molecule has 9 N–H and O–H groups in total. The highest BCUT2D eigenvalue weighted by molar-refractivity contribution is 5.77. The van der Waals surface area contributed by atoms with Gasteiger partial charge < -0.3 is 64.9 Å². The van der Waals surface area contributed by atoms with Crippen molar-refractivity contribution < 1.29 is 69.7 Å². The second kappa shape index (κ2) is 11.7. The Labute approximate surface area is 267 Å². The average Bonchev–Trinajstić information content (AvgIpc) is 3.26. The lowest BCUT2D eigenvalue weighted by atomic mass is 9.38. The molecule has 6 aliphatic rings. The second-order valence-corrected chi connectivity index (χ2v) is 15.3. The van der Waals surface area contributed by atoms with Gasteiger partial charge in [0.05, 0.1) is 29.8 Å². The molecular weight excluding hydrogens is 608 g/mol. The van der Waals surface area contributed by atoms with Crippen LogP contribution < -0.4 is 0 Å². The SMILES string of the molecule is C=C1C[C@@]23CC[C@@H]4[C@](C)(C(=O)O[C@@H]5O[C@H](CO)[C@@H](O)[C@H](O)[C@H]5O)CCC[C@@]4(C)[C@]2(O)CC[C@]1(O[C@@H]1O[C@H](CO)[C@@H](O)[C@H](O)[C@H]1O)C3. The highest BCUT2D eigenvalue weighted by Crippen LogP contribution is 2.75. The molecule has 6 fully saturated rings. The molecule has 14 heteroatoms. The van der Waals surface area contributed by atoms with E-state index < -0.39 is 108 Å². The normalized spacial score (nSPS) is 55.4. The molecule has 0 amide bonds. The first-order chi connectivity index (χ1) is 21.5. The Kier molecular flexibility index (Phi) is 8.77. The number of hydrogen-bond donors (Lipinski definition) is 9. The highest BCUT2D eigenvalue weighted by atomic mass is 16.7. The fourth-order valence-electron chi connectivity index (χ4n) is 10.4. The van der Waals surface area contributed by atoms with Gasteiger partial charge in [0, 0.05) is 10.8 Å². The van der Waals surface area contributed by atoms with Gasteiger partial charge in [0.25, 0.3) is 0 Å². The Morgan fingerprint density at radius 2 is 1.41 bits per heavy atom. The lowest BCUT2D eigenvalue weighted by Crippen LogP contribution is -2.70. The Bertz CT molecular complexity index is 1200. The van der Waals surface area contributed by atoms with Crippen LogP contribution in [0, 0.1) is 22.2 Å². The molecule has 4 saturated carbocycles. The average molecular weight is 659 g/mol. The molecule has 2 aliphatic heterocycles. The molecule has 2 heterocycles. The van der Waals surface area contributed by atoms with E-state index in [-0.39, 0.29) is 5.92 Å². The highest BCUT2D eigenvalue weighted by Gasteiger charge is 2.75. The van der Waals surface area contributed by atoms with Crippen LogP contribution in [0.15, 0.2) is 12.2 Å². The van der Waals surface area contributed by atoms with E-state index in [4.69, 9.17) is 18.9 Å². The summed E-state index contributed by atoms with van der Waals surface area (Å²) in [4.78, 5) is 14.0. The maximum Gasteiger partial charge on any atom is 0.314 e. The molecule has 2 bridgehead atoms. The number of rotatable bonds is 6. The zero-order chi connectivity index (χ0) is 33.6. The van der Waals surface area contributed by atoms with Crippen LogP contribution in [-0.4, -0.2) is 138 Å². The maximum absolute atomic E-state index is 14.0. The minimum Gasteiger partial charge on any atom is -0.432 e. The molecule has 1 spiro atoms. The summed E-state index contributed by atoms with van der Waals surface area (Å²) in [6.45, 7) is 6.91. The third kappa shape index (κ3) is 4.71. The standard InChI is InChI=1S/C32H50O14/c1-15-11-30-8-5-18-28(2,27(41)45-25-23(39)21(37)19(35)16(12-33)43-25)6-4-7-29(18,3)32(30,42)10-9-31(15,14-30)46-26-24(40)22(38)20(36)17(13-34)44-26/h16-26,33-40,42H,1,4-14H2,2-3H3/t16-,17-,18-,19-,20-,21+,22+,23-,24-,25+,26+,28-,29-,30-,31+,32-/m1/s1. The lowest BCUT2D eigenvalue weighted by Gasteiger charge is -2.68. The zero-order valence-electron chi connectivity index (χ0n) is 26.4. The minimum atomic E-state index is -1.72. The molecule has 14 nitrogen and oxygen atoms in total. The molecular formula is C32H50O14. The number of fused-ring (bicyclic) bond motifs is 3. The van der Waals surface area contributed by atoms with Gasteiger partial charge in [-0.1, -0.05) is 19.9 Å². The molecule has 16 atom stereocenters. The first-order valence-corrected chi connectivity index (χ1v) is 16.4. The molecule has 6 rings (SSSR count). The molecule has 262 valence electrons. The van der Waals surface area contributed by atoms with E-state index in [2.05, 4.69) is 6.58 Å². The van der Waals surface area contributed by atoms with Crippen LogP contribution >= 0.6 is 0 Å². The minimum absolute atomic E-state index is 0.300. The van der Waals surface area contributed by atoms with E-state index in [1.165, 1.54) is 0 Å². The number of esters is 1. The molecule has 0 aromatic rings. The number of carbonyl (C=O) groups excluding carboxylic acids is 1. The summed E-state index contributed by atoms with van der Waals surface area (Å²) < 4.78 is 23.2. The van der Waals surface area contributed by atoms with Gasteiger partial charge in [-0.3, -0.25) is 4.79 Å². The molecule has 0 aromatic heterocycles. The first-order valence-electron chi connectivity index (χ1n) is 16.4. The number of carbonyl (C=O) groups is 1. The Balaban J connectivity index is 1.24. The van der Waals surface area contributed by atoms with Crippen molar-refractivity contribution in [2.75, 3.05) is 13.2 Å². The number of aliphatic hydroxyl groups is 9. The fourth-order valence-corrected chi connectivity index (χ4v) is 10.4. The Hall–Kier alpha value is -1.27. The quantitative estimate of drug-likeness (QED) is 0.0884. The van der Waals surface area contributed by atoms with Crippen molar-refractivity contribution in [3.05, 3.63) is 12.2 Å². The monoisotopic (exact) mass is 658 g/mol. The van der Waals surface area contributed by atoms with Crippen molar-refractivity contribution in [2.24, 2.45) is 22.2 Å². The van der Waals surface area contributed by atoms with E-state index in [1.807, 2.05) is 6.92 Å². The predicted molar refractivity (Wildman–Crippen MR) is 155 cm³/mol. The summed E-state index contributed by atoms with van der Waals surface area (Å²) in [6, 6.07) is 0. The van der Waals surface area contributed by atoms with Crippen LogP contribution in [0.1, 0.15) is 71.6 Å². The zero-order valence-corrected chi connectivity index (χ0v) is 26.4. The van der Waals surface area contributed by atoms with Crippen molar-refractivity contribution in [1.82, 2.24) is 0 Å². The molecule has 0 aromatic carbocycles. The Morgan fingerprint density at radius 3 is 2.02 bits per heavy atom. The topological polar surface area (TPSA) is 236 Å². The van der Waals surface area contributed by atoms with Gasteiger partial charge in [-0.2, -0.15) is 0 Å². The van der Waals surface area contributed by atoms with Crippen LogP contribution in [0.5, 0.6) is 0 Å². The van der Waals surface area contributed by atoms with Crippen LogP contribution in [0.25, 0.3) is 0 Å². The lowest BCUT2D eigenvalue weighted by molar-refractivity contribution is -0.336. The van der Waals surface area contributed by atoms with Crippen molar-refractivity contribution in [3.8, 4) is 0 Å². The fraction of sp³-hybridized carbons (Fsp3) is 0.906. The number of hydrogen-bond acceptors (Lipinski definition) is 14. The van der Waals surface area contributed by atoms with Crippen LogP contribution in [-0.2, 0) is 23.7 Å². The first kappa shape index (κ1) is 34.6.